The van der Waals surface area contributed by atoms with Crippen molar-refractivity contribution >= 4 is 23.1 Å². The van der Waals surface area contributed by atoms with Crippen molar-refractivity contribution in [1.82, 2.24) is 14.9 Å². The highest BCUT2D eigenvalue weighted by Gasteiger charge is 2.26. The number of rotatable bonds is 7. The number of nitro groups is 1. The molecule has 2 aromatic rings. The Hall–Kier alpha value is -2.94. The van der Waals surface area contributed by atoms with Gasteiger partial charge in [0.2, 0.25) is 11.8 Å². The summed E-state index contributed by atoms with van der Waals surface area (Å²) in [6.45, 7) is 6.21. The molecule has 0 amide bonds. The van der Waals surface area contributed by atoms with Gasteiger partial charge in [-0.3, -0.25) is 15.0 Å². The van der Waals surface area contributed by atoms with Gasteiger partial charge < -0.3 is 16.0 Å². The maximum Gasteiger partial charge on any atom is 0.329 e. The van der Waals surface area contributed by atoms with E-state index in [1.165, 1.54) is 25.1 Å². The lowest BCUT2D eigenvalue weighted by molar-refractivity contribution is -0.384. The van der Waals surface area contributed by atoms with Gasteiger partial charge in [0, 0.05) is 45.0 Å². The number of benzene rings is 1. The predicted octanol–water partition coefficient (Wildman–Crippen LogP) is 2.11. The molecule has 3 N–H and O–H groups in total. The van der Waals surface area contributed by atoms with Gasteiger partial charge in [0.1, 0.15) is 6.20 Å². The second kappa shape index (κ2) is 7.97. The summed E-state index contributed by atoms with van der Waals surface area (Å²) in [7, 11) is 0. The second-order valence-electron chi connectivity index (χ2n) is 7.47. The van der Waals surface area contributed by atoms with Crippen LogP contribution in [0.5, 0.6) is 0 Å². The molecule has 0 spiro atoms. The van der Waals surface area contributed by atoms with Crippen LogP contribution in [0, 0.1) is 16.0 Å². The Morgan fingerprint density at radius 1 is 1.18 bits per heavy atom. The van der Waals surface area contributed by atoms with Crippen molar-refractivity contribution in [2.75, 3.05) is 48.7 Å². The van der Waals surface area contributed by atoms with E-state index in [0.717, 1.165) is 43.9 Å². The van der Waals surface area contributed by atoms with Gasteiger partial charge in [0.25, 0.3) is 0 Å². The van der Waals surface area contributed by atoms with Crippen LogP contribution in [0.2, 0.25) is 0 Å². The Morgan fingerprint density at radius 3 is 2.50 bits per heavy atom. The summed E-state index contributed by atoms with van der Waals surface area (Å²) in [6, 6.07) is 8.43. The van der Waals surface area contributed by atoms with Gasteiger partial charge >= 0.3 is 5.69 Å². The lowest BCUT2D eigenvalue weighted by Crippen LogP contribution is -2.47. The average molecular weight is 383 g/mol. The van der Waals surface area contributed by atoms with Crippen LogP contribution in [0.1, 0.15) is 18.4 Å². The van der Waals surface area contributed by atoms with Gasteiger partial charge in [-0.05, 0) is 36.5 Å². The molecular weight excluding hydrogens is 358 g/mol. The van der Waals surface area contributed by atoms with E-state index < -0.39 is 4.92 Å². The molecule has 148 valence electrons. The Balaban J connectivity index is 1.29. The van der Waals surface area contributed by atoms with Crippen molar-refractivity contribution in [3.8, 4) is 0 Å². The normalized spacial score (nSPS) is 17.5. The van der Waals surface area contributed by atoms with E-state index in [-0.39, 0.29) is 17.5 Å². The summed E-state index contributed by atoms with van der Waals surface area (Å²) in [5, 5.41) is 13.8. The summed E-state index contributed by atoms with van der Waals surface area (Å²) in [4.78, 5) is 23.1. The SMILES string of the molecule is Nc1nc(NCc2ccc(N3CCN(CC4CC4)CC3)cc2)ncc1[N+](=O)[O-]. The van der Waals surface area contributed by atoms with Crippen molar-refractivity contribution in [2.24, 2.45) is 5.92 Å². The number of anilines is 3. The zero-order valence-electron chi connectivity index (χ0n) is 15.8. The summed E-state index contributed by atoms with van der Waals surface area (Å²) in [5.41, 5.74) is 7.63. The predicted molar refractivity (Wildman–Crippen MR) is 108 cm³/mol. The first-order valence-corrected chi connectivity index (χ1v) is 9.65. The van der Waals surface area contributed by atoms with Crippen molar-refractivity contribution in [3.63, 3.8) is 0 Å². The van der Waals surface area contributed by atoms with Crippen molar-refractivity contribution in [2.45, 2.75) is 19.4 Å². The second-order valence-corrected chi connectivity index (χ2v) is 7.47. The molecule has 0 radical (unpaired) electrons. The first-order chi connectivity index (χ1) is 13.6. The molecule has 0 unspecified atom stereocenters. The molecule has 0 atom stereocenters. The number of nitrogen functional groups attached to an aromatic ring is 1. The minimum atomic E-state index is -0.594. The van der Waals surface area contributed by atoms with Gasteiger partial charge in [0.15, 0.2) is 0 Å². The van der Waals surface area contributed by atoms with Crippen LogP contribution in [0.3, 0.4) is 0 Å². The summed E-state index contributed by atoms with van der Waals surface area (Å²) in [6.07, 6.45) is 3.94. The van der Waals surface area contributed by atoms with Crippen LogP contribution >= 0.6 is 0 Å². The van der Waals surface area contributed by atoms with Crippen LogP contribution < -0.4 is 16.0 Å². The highest BCUT2D eigenvalue weighted by atomic mass is 16.6. The lowest BCUT2D eigenvalue weighted by atomic mass is 10.1. The number of nitrogens with one attached hydrogen (secondary N) is 1. The van der Waals surface area contributed by atoms with E-state index in [0.29, 0.717) is 6.54 Å². The number of nitrogens with zero attached hydrogens (tertiary/aromatic N) is 5. The molecule has 1 aliphatic heterocycles. The number of aromatic nitrogens is 2. The molecule has 9 nitrogen and oxygen atoms in total. The summed E-state index contributed by atoms with van der Waals surface area (Å²) < 4.78 is 0. The van der Waals surface area contributed by atoms with E-state index >= 15 is 0 Å². The van der Waals surface area contributed by atoms with Crippen LogP contribution in [0.25, 0.3) is 0 Å². The van der Waals surface area contributed by atoms with E-state index in [1.807, 2.05) is 0 Å². The van der Waals surface area contributed by atoms with Gasteiger partial charge in [-0.1, -0.05) is 12.1 Å². The maximum atomic E-state index is 10.8. The van der Waals surface area contributed by atoms with Gasteiger partial charge in [0.05, 0.1) is 4.92 Å². The van der Waals surface area contributed by atoms with Crippen LogP contribution in [-0.4, -0.2) is 52.5 Å². The van der Waals surface area contributed by atoms with Crippen molar-refractivity contribution < 1.29 is 4.92 Å². The Bertz CT molecular complexity index is 831. The number of piperazine rings is 1. The third-order valence-electron chi connectivity index (χ3n) is 5.33. The minimum absolute atomic E-state index is 0.140. The quantitative estimate of drug-likeness (QED) is 0.552. The monoisotopic (exact) mass is 383 g/mol. The van der Waals surface area contributed by atoms with Crippen LogP contribution in [0.4, 0.5) is 23.1 Å². The van der Waals surface area contributed by atoms with E-state index in [2.05, 4.69) is 49.4 Å². The fourth-order valence-electron chi connectivity index (χ4n) is 3.47. The molecule has 2 heterocycles. The molecular formula is C19H25N7O2. The molecule has 2 fully saturated rings. The molecule has 1 aromatic heterocycles. The van der Waals surface area contributed by atoms with Gasteiger partial charge in [-0.15, -0.1) is 0 Å². The zero-order valence-corrected chi connectivity index (χ0v) is 15.8. The molecule has 0 bridgehead atoms. The van der Waals surface area contributed by atoms with Gasteiger partial charge in [-0.2, -0.15) is 4.98 Å². The standard InChI is InChI=1S/C19H25N7O2/c20-18-17(26(27)28)12-22-19(23-18)21-11-14-3-5-16(6-4-14)25-9-7-24(8-10-25)13-15-1-2-15/h3-6,12,15H,1-2,7-11,13H2,(H3,20,21,22,23). The summed E-state index contributed by atoms with van der Waals surface area (Å²) in [5.74, 6) is 1.09. The van der Waals surface area contributed by atoms with E-state index in [9.17, 15) is 10.1 Å². The molecule has 2 aliphatic rings. The first-order valence-electron chi connectivity index (χ1n) is 9.65. The molecule has 1 saturated carbocycles. The van der Waals surface area contributed by atoms with E-state index in [4.69, 9.17) is 5.73 Å². The zero-order chi connectivity index (χ0) is 19.5. The fourth-order valence-corrected chi connectivity index (χ4v) is 3.47. The molecule has 1 aliphatic carbocycles. The fraction of sp³-hybridized carbons (Fsp3) is 0.474. The van der Waals surface area contributed by atoms with Crippen molar-refractivity contribution in [3.05, 3.63) is 46.1 Å². The Kier molecular flexibility index (Phi) is 5.25. The highest BCUT2D eigenvalue weighted by Crippen LogP contribution is 2.30. The number of hydrogen-bond acceptors (Lipinski definition) is 8. The number of nitrogens with two attached hydrogens (primary N) is 1. The van der Waals surface area contributed by atoms with Crippen LogP contribution in [-0.2, 0) is 6.54 Å². The first kappa shape index (κ1) is 18.4. The summed E-state index contributed by atoms with van der Waals surface area (Å²) >= 11 is 0. The third kappa shape index (κ3) is 4.48. The number of hydrogen-bond donors (Lipinski definition) is 2. The van der Waals surface area contributed by atoms with Gasteiger partial charge in [-0.25, -0.2) is 4.98 Å². The minimum Gasteiger partial charge on any atom is -0.378 e. The molecule has 28 heavy (non-hydrogen) atoms. The Morgan fingerprint density at radius 2 is 1.89 bits per heavy atom. The topological polar surface area (TPSA) is 113 Å². The lowest BCUT2D eigenvalue weighted by Gasteiger charge is -2.36. The Labute approximate surface area is 163 Å². The largest absolute Gasteiger partial charge is 0.378 e. The van der Waals surface area contributed by atoms with Crippen molar-refractivity contribution in [1.29, 1.82) is 0 Å². The molecule has 4 rings (SSSR count). The molecule has 9 heteroatoms. The van der Waals surface area contributed by atoms with E-state index in [1.54, 1.807) is 0 Å². The highest BCUT2D eigenvalue weighted by molar-refractivity contribution is 5.53. The smallest absolute Gasteiger partial charge is 0.329 e. The molecule has 1 saturated heterocycles. The van der Waals surface area contributed by atoms with Crippen LogP contribution in [0.15, 0.2) is 30.5 Å². The maximum absolute atomic E-state index is 10.8. The average Bonchev–Trinajstić information content (AvgIpc) is 3.51. The third-order valence-corrected chi connectivity index (χ3v) is 5.33. The molecule has 1 aromatic carbocycles.